The molecule has 0 radical (unpaired) electrons. The molecule has 4 nitrogen and oxygen atoms in total. The molecule has 0 amide bonds. The monoisotopic (exact) mass is 616 g/mol. The second kappa shape index (κ2) is 11.9. The van der Waals surface area contributed by atoms with E-state index in [9.17, 15) is 0 Å². The predicted octanol–water partition coefficient (Wildman–Crippen LogP) is 10.0. The van der Waals surface area contributed by atoms with E-state index in [0.717, 1.165) is 43.4 Å². The second-order valence-electron chi connectivity index (χ2n) is 10.2. The van der Waals surface area contributed by atoms with Crippen LogP contribution in [-0.4, -0.2) is 19.9 Å². The molecule has 7 rings (SSSR count). The van der Waals surface area contributed by atoms with Gasteiger partial charge in [-0.05, 0) is 57.6 Å². The minimum absolute atomic E-state index is 0.632. The van der Waals surface area contributed by atoms with Crippen LogP contribution < -0.4 is 0 Å². The third kappa shape index (κ3) is 5.89. The minimum Gasteiger partial charge on any atom is -0.264 e. The molecule has 2 heterocycles. The van der Waals surface area contributed by atoms with E-state index >= 15 is 0 Å². The van der Waals surface area contributed by atoms with E-state index in [1.807, 2.05) is 42.6 Å². The van der Waals surface area contributed by atoms with Crippen molar-refractivity contribution >= 4 is 15.9 Å². The lowest BCUT2D eigenvalue weighted by atomic mass is 9.98. The van der Waals surface area contributed by atoms with Gasteiger partial charge in [-0.2, -0.15) is 0 Å². The number of halogens is 1. The van der Waals surface area contributed by atoms with Gasteiger partial charge < -0.3 is 0 Å². The maximum atomic E-state index is 4.93. The molecule has 0 N–H and O–H groups in total. The zero-order valence-corrected chi connectivity index (χ0v) is 24.7. The van der Waals surface area contributed by atoms with E-state index in [1.165, 1.54) is 11.1 Å². The van der Waals surface area contributed by atoms with Gasteiger partial charge in [0.1, 0.15) is 0 Å². The Bertz CT molecular complexity index is 1990. The van der Waals surface area contributed by atoms with Crippen LogP contribution in [0.1, 0.15) is 0 Å². The van der Waals surface area contributed by atoms with E-state index in [4.69, 9.17) is 15.0 Å². The van der Waals surface area contributed by atoms with Crippen molar-refractivity contribution in [1.82, 2.24) is 19.9 Å². The summed E-state index contributed by atoms with van der Waals surface area (Å²) < 4.78 is 1.07. The molecule has 5 heteroatoms. The van der Waals surface area contributed by atoms with Crippen molar-refractivity contribution in [3.8, 4) is 67.5 Å². The van der Waals surface area contributed by atoms with E-state index in [0.29, 0.717) is 17.5 Å². The normalized spacial score (nSPS) is 10.9. The zero-order chi connectivity index (χ0) is 29.0. The fourth-order valence-electron chi connectivity index (χ4n) is 5.03. The Labute approximate surface area is 259 Å². The van der Waals surface area contributed by atoms with Crippen LogP contribution in [0.3, 0.4) is 0 Å². The van der Waals surface area contributed by atoms with E-state index in [1.54, 1.807) is 6.20 Å². The summed E-state index contributed by atoms with van der Waals surface area (Å²) in [4.78, 5) is 18.9. The van der Waals surface area contributed by atoms with Crippen molar-refractivity contribution in [2.45, 2.75) is 0 Å². The highest BCUT2D eigenvalue weighted by molar-refractivity contribution is 9.10. The molecular formula is C38H25BrN4. The zero-order valence-electron chi connectivity index (χ0n) is 23.1. The third-order valence-corrected chi connectivity index (χ3v) is 7.85. The summed E-state index contributed by atoms with van der Waals surface area (Å²) in [6.07, 6.45) is 3.65. The van der Waals surface area contributed by atoms with Crippen LogP contribution in [0.5, 0.6) is 0 Å². The van der Waals surface area contributed by atoms with Crippen molar-refractivity contribution < 1.29 is 0 Å². The van der Waals surface area contributed by atoms with Crippen LogP contribution in [0.15, 0.2) is 156 Å². The van der Waals surface area contributed by atoms with Crippen LogP contribution in [0.4, 0.5) is 0 Å². The van der Waals surface area contributed by atoms with E-state index < -0.39 is 0 Å². The van der Waals surface area contributed by atoms with Crippen LogP contribution >= 0.6 is 15.9 Å². The predicted molar refractivity (Wildman–Crippen MR) is 178 cm³/mol. The quantitative estimate of drug-likeness (QED) is 0.186. The molecule has 0 aliphatic heterocycles. The van der Waals surface area contributed by atoms with Crippen molar-refractivity contribution in [2.75, 3.05) is 0 Å². The van der Waals surface area contributed by atoms with Gasteiger partial charge in [0.15, 0.2) is 17.5 Å². The first-order chi connectivity index (χ1) is 21.2. The molecule has 0 atom stereocenters. The first kappa shape index (κ1) is 26.6. The molecule has 0 bridgehead atoms. The molecule has 0 saturated heterocycles. The fraction of sp³-hybridized carbons (Fsp3) is 0. The Morgan fingerprint density at radius 1 is 0.349 bits per heavy atom. The lowest BCUT2D eigenvalue weighted by Gasteiger charge is -2.10. The molecule has 0 fully saturated rings. The standard InChI is InChI=1S/C38H25BrN4/c39-35-21-19-27(20-22-35)33-9-4-8-32(24-33)26-11-15-30(16-12-26)37-41-36(29-6-2-1-3-7-29)42-38(43-37)31-17-13-28(14-18-31)34-10-5-23-40-25-34/h1-25H. The van der Waals surface area contributed by atoms with Gasteiger partial charge in [0, 0.05) is 33.6 Å². The molecule has 5 aromatic carbocycles. The summed E-state index contributed by atoms with van der Waals surface area (Å²) in [6.45, 7) is 0. The van der Waals surface area contributed by atoms with Gasteiger partial charge in [0.05, 0.1) is 0 Å². The first-order valence-corrected chi connectivity index (χ1v) is 14.8. The van der Waals surface area contributed by atoms with Crippen molar-refractivity contribution in [3.63, 3.8) is 0 Å². The molecule has 0 aliphatic rings. The fourth-order valence-corrected chi connectivity index (χ4v) is 5.29. The smallest absolute Gasteiger partial charge is 0.164 e. The topological polar surface area (TPSA) is 51.6 Å². The first-order valence-electron chi connectivity index (χ1n) is 14.0. The number of nitrogens with zero attached hydrogens (tertiary/aromatic N) is 4. The maximum absolute atomic E-state index is 4.93. The number of hydrogen-bond donors (Lipinski definition) is 0. The Kier molecular flexibility index (Phi) is 7.38. The average Bonchev–Trinajstić information content (AvgIpc) is 3.09. The van der Waals surface area contributed by atoms with Crippen molar-refractivity contribution in [2.24, 2.45) is 0 Å². The lowest BCUT2D eigenvalue weighted by molar-refractivity contribution is 1.07. The Morgan fingerprint density at radius 3 is 1.28 bits per heavy atom. The van der Waals surface area contributed by atoms with Gasteiger partial charge in [-0.1, -0.05) is 131 Å². The molecule has 0 unspecified atom stereocenters. The summed E-state index contributed by atoms with van der Waals surface area (Å²) in [5, 5.41) is 0. The molecule has 0 saturated carbocycles. The van der Waals surface area contributed by atoms with Crippen LogP contribution in [0.25, 0.3) is 67.5 Å². The molecule has 2 aromatic heterocycles. The van der Waals surface area contributed by atoms with Crippen LogP contribution in [0, 0.1) is 0 Å². The van der Waals surface area contributed by atoms with Crippen LogP contribution in [0.2, 0.25) is 0 Å². The number of hydrogen-bond acceptors (Lipinski definition) is 4. The second-order valence-corrected chi connectivity index (χ2v) is 11.1. The van der Waals surface area contributed by atoms with Crippen molar-refractivity contribution in [1.29, 1.82) is 0 Å². The van der Waals surface area contributed by atoms with E-state index in [2.05, 4.69) is 124 Å². The van der Waals surface area contributed by atoms with E-state index in [-0.39, 0.29) is 0 Å². The SMILES string of the molecule is Brc1ccc(-c2cccc(-c3ccc(-c4nc(-c5ccccc5)nc(-c5ccc(-c6cccnc6)cc5)n4)cc3)c2)cc1. The summed E-state index contributed by atoms with van der Waals surface area (Å²) in [7, 11) is 0. The number of pyridine rings is 1. The number of aromatic nitrogens is 4. The van der Waals surface area contributed by atoms with Gasteiger partial charge in [-0.15, -0.1) is 0 Å². The molecule has 7 aromatic rings. The van der Waals surface area contributed by atoms with Crippen molar-refractivity contribution in [3.05, 3.63) is 156 Å². The van der Waals surface area contributed by atoms with Gasteiger partial charge in [-0.3, -0.25) is 4.98 Å². The highest BCUT2D eigenvalue weighted by Gasteiger charge is 2.13. The summed E-state index contributed by atoms with van der Waals surface area (Å²) in [5.74, 6) is 1.91. The minimum atomic E-state index is 0.632. The highest BCUT2D eigenvalue weighted by Crippen LogP contribution is 2.30. The van der Waals surface area contributed by atoms with Gasteiger partial charge in [0.2, 0.25) is 0 Å². The Balaban J connectivity index is 1.24. The summed E-state index contributed by atoms with van der Waals surface area (Å²) >= 11 is 3.53. The molecule has 0 spiro atoms. The largest absolute Gasteiger partial charge is 0.264 e. The molecule has 0 aliphatic carbocycles. The lowest BCUT2D eigenvalue weighted by Crippen LogP contribution is -2.00. The molecule has 204 valence electrons. The van der Waals surface area contributed by atoms with Crippen LogP contribution in [-0.2, 0) is 0 Å². The maximum Gasteiger partial charge on any atom is 0.164 e. The Morgan fingerprint density at radius 2 is 0.767 bits per heavy atom. The molecular weight excluding hydrogens is 592 g/mol. The summed E-state index contributed by atoms with van der Waals surface area (Å²) in [6, 6.07) is 47.7. The van der Waals surface area contributed by atoms with Gasteiger partial charge in [0.25, 0.3) is 0 Å². The summed E-state index contributed by atoms with van der Waals surface area (Å²) in [5.41, 5.74) is 9.61. The highest BCUT2D eigenvalue weighted by atomic mass is 79.9. The number of rotatable bonds is 6. The van der Waals surface area contributed by atoms with Gasteiger partial charge >= 0.3 is 0 Å². The third-order valence-electron chi connectivity index (χ3n) is 7.32. The van der Waals surface area contributed by atoms with Gasteiger partial charge in [-0.25, -0.2) is 15.0 Å². The number of benzene rings is 5. The molecule has 43 heavy (non-hydrogen) atoms. The average molecular weight is 618 g/mol. The Hall–Kier alpha value is -5.26.